The van der Waals surface area contributed by atoms with Gasteiger partial charge in [-0.25, -0.2) is 0 Å². The molecule has 0 aliphatic carbocycles. The molecule has 96 valence electrons. The molecule has 0 saturated carbocycles. The Morgan fingerprint density at radius 2 is 1.84 bits per heavy atom. The molecule has 1 aromatic carbocycles. The highest BCUT2D eigenvalue weighted by Gasteiger charge is 2.09. The van der Waals surface area contributed by atoms with Crippen LogP contribution in [0.25, 0.3) is 0 Å². The van der Waals surface area contributed by atoms with E-state index in [-0.39, 0.29) is 18.2 Å². The van der Waals surface area contributed by atoms with Crippen LogP contribution in [0.3, 0.4) is 0 Å². The Bertz CT molecular complexity index is 599. The molecule has 1 N–H and O–H groups in total. The number of Topliss-reactive ketones (excluding diaryl/α,β-unsaturated/α-hetero) is 1. The molecular weight excluding hydrogens is 308 g/mol. The van der Waals surface area contributed by atoms with E-state index < -0.39 is 0 Å². The number of pyridine rings is 1. The van der Waals surface area contributed by atoms with Crippen molar-refractivity contribution in [1.29, 1.82) is 0 Å². The second-order valence-corrected chi connectivity index (χ2v) is 4.78. The van der Waals surface area contributed by atoms with Gasteiger partial charge in [0.2, 0.25) is 0 Å². The standard InChI is InChI=1S/C14H11BrN2O2/c15-12-6-11(7-16-8-12)14(19)17-9-13(18)10-4-2-1-3-5-10/h1-8H,9H2,(H,17,19). The van der Waals surface area contributed by atoms with Crippen LogP contribution in [0.2, 0.25) is 0 Å². The maximum absolute atomic E-state index is 11.8. The van der Waals surface area contributed by atoms with Gasteiger partial charge in [-0.2, -0.15) is 0 Å². The number of carbonyl (C=O) groups excluding carboxylic acids is 2. The normalized spacial score (nSPS) is 9.95. The van der Waals surface area contributed by atoms with Gasteiger partial charge in [-0.1, -0.05) is 30.3 Å². The van der Waals surface area contributed by atoms with Crippen LogP contribution in [-0.4, -0.2) is 23.2 Å². The van der Waals surface area contributed by atoms with Gasteiger partial charge in [-0.15, -0.1) is 0 Å². The predicted molar refractivity (Wildman–Crippen MR) is 75.0 cm³/mol. The van der Waals surface area contributed by atoms with E-state index in [4.69, 9.17) is 0 Å². The third kappa shape index (κ3) is 3.72. The van der Waals surface area contributed by atoms with Crippen molar-refractivity contribution in [2.24, 2.45) is 0 Å². The van der Waals surface area contributed by atoms with Crippen LogP contribution in [0.4, 0.5) is 0 Å². The lowest BCUT2D eigenvalue weighted by Gasteiger charge is -2.04. The third-order valence-electron chi connectivity index (χ3n) is 2.47. The molecule has 1 aromatic heterocycles. The molecule has 0 bridgehead atoms. The number of nitrogens with zero attached hydrogens (tertiary/aromatic N) is 1. The van der Waals surface area contributed by atoms with Crippen LogP contribution in [-0.2, 0) is 0 Å². The zero-order valence-electron chi connectivity index (χ0n) is 9.97. The minimum atomic E-state index is -0.321. The van der Waals surface area contributed by atoms with E-state index in [1.807, 2.05) is 6.07 Å². The van der Waals surface area contributed by atoms with Gasteiger partial charge >= 0.3 is 0 Å². The number of halogens is 1. The molecule has 0 radical (unpaired) electrons. The fourth-order valence-electron chi connectivity index (χ4n) is 1.52. The average Bonchev–Trinajstić information content (AvgIpc) is 2.45. The molecule has 2 rings (SSSR count). The molecular formula is C14H11BrN2O2. The third-order valence-corrected chi connectivity index (χ3v) is 2.91. The van der Waals surface area contributed by atoms with Crippen molar-refractivity contribution >= 4 is 27.6 Å². The van der Waals surface area contributed by atoms with Crippen LogP contribution < -0.4 is 5.32 Å². The zero-order valence-corrected chi connectivity index (χ0v) is 11.6. The lowest BCUT2D eigenvalue weighted by atomic mass is 10.1. The lowest BCUT2D eigenvalue weighted by Crippen LogP contribution is -2.29. The van der Waals surface area contributed by atoms with Crippen LogP contribution >= 0.6 is 15.9 Å². The number of ketones is 1. The molecule has 0 saturated heterocycles. The number of rotatable bonds is 4. The molecule has 0 aliphatic rings. The van der Waals surface area contributed by atoms with Crippen LogP contribution in [0.1, 0.15) is 20.7 Å². The van der Waals surface area contributed by atoms with Gasteiger partial charge in [0.15, 0.2) is 5.78 Å². The fourth-order valence-corrected chi connectivity index (χ4v) is 1.89. The van der Waals surface area contributed by atoms with E-state index in [1.165, 1.54) is 6.20 Å². The summed E-state index contributed by atoms with van der Waals surface area (Å²) in [6, 6.07) is 10.5. The number of aromatic nitrogens is 1. The molecule has 0 unspecified atom stereocenters. The molecule has 0 fully saturated rings. The summed E-state index contributed by atoms with van der Waals surface area (Å²) in [5.74, 6) is -0.449. The molecule has 1 heterocycles. The quantitative estimate of drug-likeness (QED) is 0.881. The summed E-state index contributed by atoms with van der Waals surface area (Å²) in [4.78, 5) is 27.5. The van der Waals surface area contributed by atoms with Gasteiger partial charge in [0, 0.05) is 22.4 Å². The van der Waals surface area contributed by atoms with Crippen LogP contribution in [0, 0.1) is 0 Å². The van der Waals surface area contributed by atoms with E-state index in [2.05, 4.69) is 26.2 Å². The Labute approximate surface area is 119 Å². The van der Waals surface area contributed by atoms with E-state index >= 15 is 0 Å². The lowest BCUT2D eigenvalue weighted by molar-refractivity contribution is 0.0904. The van der Waals surface area contributed by atoms with Crippen molar-refractivity contribution in [2.75, 3.05) is 6.54 Å². The first-order chi connectivity index (χ1) is 9.16. The highest BCUT2D eigenvalue weighted by atomic mass is 79.9. The number of amides is 1. The Balaban J connectivity index is 1.96. The van der Waals surface area contributed by atoms with E-state index in [0.717, 1.165) is 4.47 Å². The Kier molecular flexibility index (Phi) is 4.41. The van der Waals surface area contributed by atoms with Gasteiger partial charge in [0.1, 0.15) is 0 Å². The number of benzene rings is 1. The van der Waals surface area contributed by atoms with Crippen molar-refractivity contribution in [3.63, 3.8) is 0 Å². The van der Waals surface area contributed by atoms with E-state index in [0.29, 0.717) is 11.1 Å². The average molecular weight is 319 g/mol. The van der Waals surface area contributed by atoms with Crippen molar-refractivity contribution in [2.45, 2.75) is 0 Å². The van der Waals surface area contributed by atoms with Crippen molar-refractivity contribution in [3.8, 4) is 0 Å². The monoisotopic (exact) mass is 318 g/mol. The van der Waals surface area contributed by atoms with Gasteiger partial charge in [0.25, 0.3) is 5.91 Å². The maximum atomic E-state index is 11.8. The summed E-state index contributed by atoms with van der Waals surface area (Å²) in [5.41, 5.74) is 0.991. The summed E-state index contributed by atoms with van der Waals surface area (Å²) < 4.78 is 0.717. The number of hydrogen-bond acceptors (Lipinski definition) is 3. The molecule has 19 heavy (non-hydrogen) atoms. The second kappa shape index (κ2) is 6.24. The zero-order chi connectivity index (χ0) is 13.7. The van der Waals surface area contributed by atoms with E-state index in [1.54, 1.807) is 36.5 Å². The first-order valence-electron chi connectivity index (χ1n) is 5.64. The minimum absolute atomic E-state index is 0.0324. The fraction of sp³-hybridized carbons (Fsp3) is 0.0714. The first-order valence-corrected chi connectivity index (χ1v) is 6.43. The summed E-state index contributed by atoms with van der Waals surface area (Å²) in [6.45, 7) is -0.0324. The summed E-state index contributed by atoms with van der Waals surface area (Å²) >= 11 is 3.24. The molecule has 0 spiro atoms. The summed E-state index contributed by atoms with van der Waals surface area (Å²) in [5, 5.41) is 2.58. The summed E-state index contributed by atoms with van der Waals surface area (Å²) in [6.07, 6.45) is 3.04. The van der Waals surface area contributed by atoms with Crippen LogP contribution in [0.15, 0.2) is 53.3 Å². The van der Waals surface area contributed by atoms with Gasteiger partial charge in [-0.3, -0.25) is 14.6 Å². The van der Waals surface area contributed by atoms with Crippen molar-refractivity contribution < 1.29 is 9.59 Å². The van der Waals surface area contributed by atoms with Crippen LogP contribution in [0.5, 0.6) is 0 Å². The Morgan fingerprint density at radius 3 is 2.53 bits per heavy atom. The topological polar surface area (TPSA) is 59.1 Å². The SMILES string of the molecule is O=C(CNC(=O)c1cncc(Br)c1)c1ccccc1. The molecule has 0 aliphatic heterocycles. The first kappa shape index (κ1) is 13.4. The second-order valence-electron chi connectivity index (χ2n) is 3.86. The Morgan fingerprint density at radius 1 is 1.11 bits per heavy atom. The van der Waals surface area contributed by atoms with Gasteiger partial charge in [0.05, 0.1) is 12.1 Å². The molecule has 1 amide bonds. The van der Waals surface area contributed by atoms with Crippen molar-refractivity contribution in [1.82, 2.24) is 10.3 Å². The largest absolute Gasteiger partial charge is 0.345 e. The highest BCUT2D eigenvalue weighted by Crippen LogP contribution is 2.09. The van der Waals surface area contributed by atoms with Gasteiger partial charge in [-0.05, 0) is 22.0 Å². The number of carbonyl (C=O) groups is 2. The maximum Gasteiger partial charge on any atom is 0.253 e. The Hall–Kier alpha value is -2.01. The van der Waals surface area contributed by atoms with E-state index in [9.17, 15) is 9.59 Å². The minimum Gasteiger partial charge on any atom is -0.345 e. The summed E-state index contributed by atoms with van der Waals surface area (Å²) in [7, 11) is 0. The predicted octanol–water partition coefficient (Wildman–Crippen LogP) is 2.46. The smallest absolute Gasteiger partial charge is 0.253 e. The highest BCUT2D eigenvalue weighted by molar-refractivity contribution is 9.10. The van der Waals surface area contributed by atoms with Gasteiger partial charge < -0.3 is 5.32 Å². The molecule has 4 nitrogen and oxygen atoms in total. The van der Waals surface area contributed by atoms with Crippen molar-refractivity contribution in [3.05, 3.63) is 64.4 Å². The number of nitrogens with one attached hydrogen (secondary N) is 1. The number of hydrogen-bond donors (Lipinski definition) is 1. The molecule has 5 heteroatoms. The molecule has 0 atom stereocenters. The molecule has 2 aromatic rings.